The Morgan fingerprint density at radius 3 is 2.70 bits per heavy atom. The standard InChI is InChI=1S/C21H21ClN2O2S/c1-5-20(4)14(22)9-12-17(25)21(20,23-10-27)11-7-6-8-13-15(11)16(18(26)24-13)19(12,2)3/h5-8,12,14,16H,1,9H2,2-4H3,(H,24,26)/t12?,14-,16-,20-,21-/m1/s1. The molecule has 0 aromatic heterocycles. The van der Waals surface area contributed by atoms with Crippen LogP contribution in [0.1, 0.15) is 44.2 Å². The van der Waals surface area contributed by atoms with Gasteiger partial charge in [0.25, 0.3) is 0 Å². The first-order valence-corrected chi connectivity index (χ1v) is 9.86. The van der Waals surface area contributed by atoms with Gasteiger partial charge in [-0.25, -0.2) is 4.99 Å². The number of alkyl halides is 1. The molecular formula is C21H21ClN2O2S. The molecule has 2 aliphatic carbocycles. The van der Waals surface area contributed by atoms with E-state index in [1.807, 2.05) is 39.0 Å². The lowest BCUT2D eigenvalue weighted by Gasteiger charge is -2.52. The van der Waals surface area contributed by atoms with E-state index in [0.717, 1.165) is 11.3 Å². The zero-order chi connectivity index (χ0) is 19.8. The summed E-state index contributed by atoms with van der Waals surface area (Å²) < 4.78 is 0. The average Bonchev–Trinajstić information content (AvgIpc) is 2.95. The zero-order valence-corrected chi connectivity index (χ0v) is 17.1. The Kier molecular flexibility index (Phi) is 3.85. The second-order valence-corrected chi connectivity index (χ2v) is 9.24. The Hall–Kier alpha value is -1.81. The van der Waals surface area contributed by atoms with Crippen molar-refractivity contribution in [1.82, 2.24) is 0 Å². The predicted molar refractivity (Wildman–Crippen MR) is 109 cm³/mol. The van der Waals surface area contributed by atoms with E-state index in [0.29, 0.717) is 12.0 Å². The number of benzene rings is 1. The van der Waals surface area contributed by atoms with Crippen molar-refractivity contribution in [3.05, 3.63) is 42.0 Å². The molecule has 4 nitrogen and oxygen atoms in total. The number of anilines is 1. The quantitative estimate of drug-likeness (QED) is 0.345. The molecule has 3 aliphatic rings. The fraction of sp³-hybridized carbons (Fsp3) is 0.476. The number of ketones is 1. The molecule has 0 spiro atoms. The largest absolute Gasteiger partial charge is 0.325 e. The minimum atomic E-state index is -1.34. The van der Waals surface area contributed by atoms with E-state index in [-0.39, 0.29) is 17.1 Å². The van der Waals surface area contributed by atoms with Gasteiger partial charge in [0, 0.05) is 22.4 Å². The van der Waals surface area contributed by atoms with Gasteiger partial charge >= 0.3 is 0 Å². The van der Waals surface area contributed by atoms with Gasteiger partial charge in [0.2, 0.25) is 5.91 Å². The molecule has 5 atom stereocenters. The summed E-state index contributed by atoms with van der Waals surface area (Å²) in [5, 5.41) is 5.06. The van der Waals surface area contributed by atoms with Crippen LogP contribution in [0.5, 0.6) is 0 Å². The highest BCUT2D eigenvalue weighted by Gasteiger charge is 2.69. The third-order valence-electron chi connectivity index (χ3n) is 7.13. The fourth-order valence-electron chi connectivity index (χ4n) is 5.50. The van der Waals surface area contributed by atoms with Gasteiger partial charge in [-0.3, -0.25) is 9.59 Å². The SMILES string of the molecule is C=C[C@]1(C)[C@H](Cl)CC2C(=O)[C@]1(N=C=S)c1cccc3c1[C@H](C(=O)N3)C2(C)C. The van der Waals surface area contributed by atoms with Gasteiger partial charge in [-0.05, 0) is 41.2 Å². The number of hydrogen-bond donors (Lipinski definition) is 1. The molecule has 27 heavy (non-hydrogen) atoms. The molecule has 2 bridgehead atoms. The van der Waals surface area contributed by atoms with Crippen LogP contribution in [0, 0.1) is 16.7 Å². The Labute approximate surface area is 169 Å². The molecule has 1 aliphatic heterocycles. The van der Waals surface area contributed by atoms with Crippen molar-refractivity contribution in [2.45, 2.75) is 44.0 Å². The fourth-order valence-corrected chi connectivity index (χ4v) is 6.06. The lowest BCUT2D eigenvalue weighted by molar-refractivity contribution is -0.141. The number of halogens is 1. The highest BCUT2D eigenvalue weighted by molar-refractivity contribution is 7.78. The number of carbonyl (C=O) groups is 2. The van der Waals surface area contributed by atoms with E-state index < -0.39 is 28.2 Å². The minimum Gasteiger partial charge on any atom is -0.325 e. The molecule has 1 aromatic rings. The first kappa shape index (κ1) is 18.5. The van der Waals surface area contributed by atoms with Crippen molar-refractivity contribution in [2.24, 2.45) is 21.7 Å². The van der Waals surface area contributed by atoms with E-state index in [2.05, 4.69) is 22.0 Å². The number of rotatable bonds is 2. The summed E-state index contributed by atoms with van der Waals surface area (Å²) >= 11 is 11.9. The summed E-state index contributed by atoms with van der Waals surface area (Å²) in [7, 11) is 0. The normalized spacial score (nSPS) is 38.3. The smallest absolute Gasteiger partial charge is 0.232 e. The number of hydrogen-bond acceptors (Lipinski definition) is 4. The van der Waals surface area contributed by atoms with Crippen molar-refractivity contribution >= 4 is 46.4 Å². The molecule has 1 amide bonds. The van der Waals surface area contributed by atoms with E-state index in [1.54, 1.807) is 6.08 Å². The van der Waals surface area contributed by atoms with Crippen molar-refractivity contribution in [2.75, 3.05) is 5.32 Å². The molecule has 1 N–H and O–H groups in total. The highest BCUT2D eigenvalue weighted by atomic mass is 35.5. The van der Waals surface area contributed by atoms with Gasteiger partial charge in [-0.1, -0.05) is 39.0 Å². The van der Waals surface area contributed by atoms with Crippen LogP contribution >= 0.6 is 23.8 Å². The molecule has 1 saturated carbocycles. The van der Waals surface area contributed by atoms with Gasteiger partial charge in [0.15, 0.2) is 11.3 Å². The highest BCUT2D eigenvalue weighted by Crippen LogP contribution is 2.65. The summed E-state index contributed by atoms with van der Waals surface area (Å²) in [6.45, 7) is 9.84. The second-order valence-electron chi connectivity index (χ2n) is 8.53. The number of Topliss-reactive ketones (excluding diaryl/α,β-unsaturated/α-hetero) is 1. The first-order chi connectivity index (χ1) is 12.7. The third kappa shape index (κ3) is 1.95. The molecule has 1 fully saturated rings. The van der Waals surface area contributed by atoms with E-state index in [9.17, 15) is 9.59 Å². The summed E-state index contributed by atoms with van der Waals surface area (Å²) in [4.78, 5) is 31.5. The summed E-state index contributed by atoms with van der Waals surface area (Å²) in [6, 6.07) is 5.57. The molecule has 6 heteroatoms. The van der Waals surface area contributed by atoms with Gasteiger partial charge in [-0.15, -0.1) is 18.2 Å². The number of thiocarbonyl (C=S) groups is 1. The number of nitrogens with zero attached hydrogens (tertiary/aromatic N) is 1. The topological polar surface area (TPSA) is 58.5 Å². The number of amides is 1. The molecule has 4 rings (SSSR count). The minimum absolute atomic E-state index is 0.0558. The predicted octanol–water partition coefficient (Wildman–Crippen LogP) is 4.45. The third-order valence-corrected chi connectivity index (χ3v) is 7.85. The Bertz CT molecular complexity index is 952. The van der Waals surface area contributed by atoms with Crippen LogP contribution in [0.2, 0.25) is 0 Å². The van der Waals surface area contributed by atoms with E-state index >= 15 is 0 Å². The van der Waals surface area contributed by atoms with Gasteiger partial charge in [0.05, 0.1) is 11.1 Å². The number of fused-ring (bicyclic) bond motifs is 3. The lowest BCUT2D eigenvalue weighted by atomic mass is 9.53. The molecule has 1 aromatic carbocycles. The Balaban J connectivity index is 2.22. The molecule has 0 radical (unpaired) electrons. The van der Waals surface area contributed by atoms with Crippen LogP contribution in [-0.4, -0.2) is 22.2 Å². The summed E-state index contributed by atoms with van der Waals surface area (Å²) in [6.07, 6.45) is 2.17. The van der Waals surface area contributed by atoms with Crippen LogP contribution in [-0.2, 0) is 15.1 Å². The maximum atomic E-state index is 14.0. The van der Waals surface area contributed by atoms with Gasteiger partial charge in [-0.2, -0.15) is 0 Å². The van der Waals surface area contributed by atoms with E-state index in [4.69, 9.17) is 23.8 Å². The maximum Gasteiger partial charge on any atom is 0.232 e. The van der Waals surface area contributed by atoms with Crippen LogP contribution in [0.4, 0.5) is 5.69 Å². The monoisotopic (exact) mass is 400 g/mol. The first-order valence-electron chi connectivity index (χ1n) is 9.02. The Morgan fingerprint density at radius 1 is 1.37 bits per heavy atom. The van der Waals surface area contributed by atoms with E-state index in [1.165, 1.54) is 0 Å². The van der Waals surface area contributed by atoms with Crippen molar-refractivity contribution in [1.29, 1.82) is 0 Å². The van der Waals surface area contributed by atoms with Crippen LogP contribution in [0.3, 0.4) is 0 Å². The lowest BCUT2D eigenvalue weighted by Crippen LogP contribution is -2.60. The number of nitrogens with one attached hydrogen (secondary N) is 1. The number of isothiocyanates is 1. The zero-order valence-electron chi connectivity index (χ0n) is 15.5. The second kappa shape index (κ2) is 5.60. The summed E-state index contributed by atoms with van der Waals surface area (Å²) in [5.74, 6) is -1.03. The van der Waals surface area contributed by atoms with Crippen molar-refractivity contribution in [3.63, 3.8) is 0 Å². The number of carbonyl (C=O) groups excluding carboxylic acids is 2. The van der Waals surface area contributed by atoms with Crippen LogP contribution in [0.25, 0.3) is 0 Å². The molecule has 1 heterocycles. The molecular weight excluding hydrogens is 380 g/mol. The van der Waals surface area contributed by atoms with Crippen molar-refractivity contribution < 1.29 is 9.59 Å². The maximum absolute atomic E-state index is 14.0. The average molecular weight is 401 g/mol. The van der Waals surface area contributed by atoms with Gasteiger partial charge < -0.3 is 5.32 Å². The Morgan fingerprint density at radius 2 is 2.07 bits per heavy atom. The van der Waals surface area contributed by atoms with Crippen molar-refractivity contribution in [3.8, 4) is 0 Å². The number of aliphatic imine (C=N–C) groups is 1. The molecule has 0 saturated heterocycles. The van der Waals surface area contributed by atoms with Crippen LogP contribution in [0.15, 0.2) is 35.8 Å². The molecule has 140 valence electrons. The summed E-state index contributed by atoms with van der Waals surface area (Å²) in [5.41, 5.74) is -0.566. The van der Waals surface area contributed by atoms with Crippen LogP contribution < -0.4 is 5.32 Å². The van der Waals surface area contributed by atoms with Gasteiger partial charge in [0.1, 0.15) is 0 Å². The molecule has 1 unspecified atom stereocenters.